The van der Waals surface area contributed by atoms with E-state index in [1.165, 1.54) is 23.8 Å². The Balaban J connectivity index is 1.53. The zero-order valence-electron chi connectivity index (χ0n) is 12.7. The standard InChI is InChI=1S/C18H18FN3O/c19-16-5-3-4-15(12-16)18(23)21-13-22-10-7-14(8-11-22)17-6-1-2-9-20-17/h1-7,9,12H,8,10-11,13H2,(H,21,23). The first-order valence-electron chi connectivity index (χ1n) is 7.59. The van der Waals surface area contributed by atoms with Crippen molar-refractivity contribution in [3.05, 3.63) is 71.8 Å². The average Bonchev–Trinajstić information content (AvgIpc) is 2.61. The quantitative estimate of drug-likeness (QED) is 0.944. The molecule has 0 saturated heterocycles. The molecule has 4 nitrogen and oxygen atoms in total. The monoisotopic (exact) mass is 311 g/mol. The number of carbonyl (C=O) groups excluding carboxylic acids is 1. The highest BCUT2D eigenvalue weighted by Crippen LogP contribution is 2.19. The van der Waals surface area contributed by atoms with E-state index in [1.54, 1.807) is 12.3 Å². The molecular weight excluding hydrogens is 293 g/mol. The minimum absolute atomic E-state index is 0.260. The van der Waals surface area contributed by atoms with E-state index in [0.717, 1.165) is 25.2 Å². The number of benzene rings is 1. The number of halogens is 1. The second kappa shape index (κ2) is 7.15. The van der Waals surface area contributed by atoms with Crippen molar-refractivity contribution in [2.75, 3.05) is 19.8 Å². The van der Waals surface area contributed by atoms with Gasteiger partial charge in [0.15, 0.2) is 0 Å². The number of carbonyl (C=O) groups is 1. The molecule has 1 aromatic carbocycles. The van der Waals surface area contributed by atoms with Gasteiger partial charge in [-0.2, -0.15) is 0 Å². The Morgan fingerprint density at radius 1 is 1.26 bits per heavy atom. The van der Waals surface area contributed by atoms with Gasteiger partial charge in [0.2, 0.25) is 0 Å². The fraction of sp³-hybridized carbons (Fsp3) is 0.222. The molecule has 0 saturated carbocycles. The van der Waals surface area contributed by atoms with Crippen LogP contribution in [0.4, 0.5) is 4.39 Å². The van der Waals surface area contributed by atoms with E-state index in [4.69, 9.17) is 0 Å². The third-order valence-corrected chi connectivity index (χ3v) is 3.84. The molecule has 0 unspecified atom stereocenters. The number of hydrogen-bond donors (Lipinski definition) is 1. The number of aromatic nitrogens is 1. The molecule has 0 atom stereocenters. The molecule has 2 heterocycles. The number of amides is 1. The molecule has 1 aliphatic heterocycles. The minimum atomic E-state index is -0.404. The van der Waals surface area contributed by atoms with Crippen LogP contribution in [0.1, 0.15) is 22.5 Å². The molecule has 0 aliphatic carbocycles. The number of nitrogens with zero attached hydrogens (tertiary/aromatic N) is 2. The lowest BCUT2D eigenvalue weighted by molar-refractivity contribution is 0.0925. The van der Waals surface area contributed by atoms with Crippen LogP contribution in [0, 0.1) is 5.82 Å². The molecule has 1 aromatic heterocycles. The van der Waals surface area contributed by atoms with Crippen LogP contribution in [0.3, 0.4) is 0 Å². The highest BCUT2D eigenvalue weighted by Gasteiger charge is 2.14. The molecule has 0 bridgehead atoms. The van der Waals surface area contributed by atoms with Gasteiger partial charge in [0.25, 0.3) is 5.91 Å². The van der Waals surface area contributed by atoms with E-state index >= 15 is 0 Å². The van der Waals surface area contributed by atoms with Gasteiger partial charge in [0.1, 0.15) is 5.82 Å². The van der Waals surface area contributed by atoms with Crippen molar-refractivity contribution in [2.24, 2.45) is 0 Å². The maximum absolute atomic E-state index is 13.1. The summed E-state index contributed by atoms with van der Waals surface area (Å²) >= 11 is 0. The fourth-order valence-corrected chi connectivity index (χ4v) is 2.56. The predicted octanol–water partition coefficient (Wildman–Crippen LogP) is 2.70. The van der Waals surface area contributed by atoms with Crippen LogP contribution in [-0.4, -0.2) is 35.5 Å². The van der Waals surface area contributed by atoms with E-state index in [9.17, 15) is 9.18 Å². The predicted molar refractivity (Wildman–Crippen MR) is 87.1 cm³/mol. The lowest BCUT2D eigenvalue weighted by atomic mass is 10.0. The van der Waals surface area contributed by atoms with E-state index in [1.807, 2.05) is 18.2 Å². The Bertz CT molecular complexity index is 715. The Kier molecular flexibility index (Phi) is 4.78. The van der Waals surface area contributed by atoms with Gasteiger partial charge in [-0.3, -0.25) is 14.7 Å². The second-order valence-corrected chi connectivity index (χ2v) is 5.45. The molecule has 5 heteroatoms. The number of nitrogens with one attached hydrogen (secondary N) is 1. The van der Waals surface area contributed by atoms with Crippen molar-refractivity contribution in [3.8, 4) is 0 Å². The van der Waals surface area contributed by atoms with E-state index in [0.29, 0.717) is 12.2 Å². The zero-order chi connectivity index (χ0) is 16.1. The van der Waals surface area contributed by atoms with E-state index in [-0.39, 0.29) is 5.91 Å². The summed E-state index contributed by atoms with van der Waals surface area (Å²) in [6, 6.07) is 11.6. The molecule has 0 radical (unpaired) electrons. The molecule has 3 rings (SSSR count). The van der Waals surface area contributed by atoms with Crippen molar-refractivity contribution < 1.29 is 9.18 Å². The number of hydrogen-bond acceptors (Lipinski definition) is 3. The largest absolute Gasteiger partial charge is 0.339 e. The van der Waals surface area contributed by atoms with Crippen molar-refractivity contribution in [2.45, 2.75) is 6.42 Å². The van der Waals surface area contributed by atoms with Crippen LogP contribution >= 0.6 is 0 Å². The Morgan fingerprint density at radius 3 is 2.87 bits per heavy atom. The Morgan fingerprint density at radius 2 is 2.17 bits per heavy atom. The summed E-state index contributed by atoms with van der Waals surface area (Å²) in [7, 11) is 0. The van der Waals surface area contributed by atoms with Crippen LogP contribution in [0.2, 0.25) is 0 Å². The number of pyridine rings is 1. The molecule has 0 fully saturated rings. The van der Waals surface area contributed by atoms with Crippen molar-refractivity contribution >= 4 is 11.5 Å². The molecule has 1 amide bonds. The van der Waals surface area contributed by atoms with Crippen LogP contribution in [0.25, 0.3) is 5.57 Å². The summed E-state index contributed by atoms with van der Waals surface area (Å²) in [5.41, 5.74) is 2.58. The van der Waals surface area contributed by atoms with Gasteiger partial charge in [-0.15, -0.1) is 0 Å². The average molecular weight is 311 g/mol. The fourth-order valence-electron chi connectivity index (χ4n) is 2.56. The van der Waals surface area contributed by atoms with Gasteiger partial charge in [-0.05, 0) is 42.3 Å². The zero-order valence-corrected chi connectivity index (χ0v) is 12.7. The Hall–Kier alpha value is -2.53. The van der Waals surface area contributed by atoms with Crippen molar-refractivity contribution in [1.29, 1.82) is 0 Å². The van der Waals surface area contributed by atoms with Crippen molar-refractivity contribution in [1.82, 2.24) is 15.2 Å². The van der Waals surface area contributed by atoms with Gasteiger partial charge in [0.05, 0.1) is 12.4 Å². The Labute approximate surface area is 134 Å². The highest BCUT2D eigenvalue weighted by atomic mass is 19.1. The highest BCUT2D eigenvalue weighted by molar-refractivity contribution is 5.94. The lowest BCUT2D eigenvalue weighted by Gasteiger charge is -2.26. The maximum atomic E-state index is 13.1. The van der Waals surface area contributed by atoms with E-state index in [2.05, 4.69) is 21.3 Å². The first-order valence-corrected chi connectivity index (χ1v) is 7.59. The first kappa shape index (κ1) is 15.4. The van der Waals surface area contributed by atoms with Crippen molar-refractivity contribution in [3.63, 3.8) is 0 Å². The third kappa shape index (κ3) is 4.02. The normalized spacial score (nSPS) is 15.1. The second-order valence-electron chi connectivity index (χ2n) is 5.45. The van der Waals surface area contributed by atoms with E-state index < -0.39 is 5.82 Å². The van der Waals surface area contributed by atoms with Gasteiger partial charge >= 0.3 is 0 Å². The molecule has 1 N–H and O–H groups in total. The van der Waals surface area contributed by atoms with Gasteiger partial charge in [0, 0.05) is 24.8 Å². The lowest BCUT2D eigenvalue weighted by Crippen LogP contribution is -2.39. The smallest absolute Gasteiger partial charge is 0.252 e. The molecule has 23 heavy (non-hydrogen) atoms. The maximum Gasteiger partial charge on any atom is 0.252 e. The van der Waals surface area contributed by atoms with Crippen LogP contribution in [-0.2, 0) is 0 Å². The van der Waals surface area contributed by atoms with Gasteiger partial charge in [-0.1, -0.05) is 18.2 Å². The molecular formula is C18H18FN3O. The van der Waals surface area contributed by atoms with Gasteiger partial charge in [-0.25, -0.2) is 4.39 Å². The summed E-state index contributed by atoms with van der Waals surface area (Å²) < 4.78 is 13.1. The summed E-state index contributed by atoms with van der Waals surface area (Å²) in [6.45, 7) is 2.06. The molecule has 1 aliphatic rings. The first-order chi connectivity index (χ1) is 11.2. The molecule has 118 valence electrons. The summed E-state index contributed by atoms with van der Waals surface area (Å²) in [5.74, 6) is -0.664. The topological polar surface area (TPSA) is 45.2 Å². The van der Waals surface area contributed by atoms with Crippen LogP contribution < -0.4 is 5.32 Å². The van der Waals surface area contributed by atoms with Crippen LogP contribution in [0.5, 0.6) is 0 Å². The summed E-state index contributed by atoms with van der Waals surface area (Å²) in [5, 5.41) is 2.83. The van der Waals surface area contributed by atoms with Crippen LogP contribution in [0.15, 0.2) is 54.7 Å². The number of rotatable bonds is 4. The third-order valence-electron chi connectivity index (χ3n) is 3.84. The van der Waals surface area contributed by atoms with Gasteiger partial charge < -0.3 is 5.32 Å². The minimum Gasteiger partial charge on any atom is -0.339 e. The molecule has 2 aromatic rings. The SMILES string of the molecule is O=C(NCN1CC=C(c2ccccn2)CC1)c1cccc(F)c1. The molecule has 0 spiro atoms. The summed E-state index contributed by atoms with van der Waals surface area (Å²) in [4.78, 5) is 18.5. The summed E-state index contributed by atoms with van der Waals surface area (Å²) in [6.07, 6.45) is 4.83.